The fourth-order valence-electron chi connectivity index (χ4n) is 1.18. The number of rotatable bonds is 2. The molecule has 1 unspecified atom stereocenters. The lowest BCUT2D eigenvalue weighted by atomic mass is 10.3. The van der Waals surface area contributed by atoms with Crippen LogP contribution < -0.4 is 0 Å². The molecular formula is C7H14N2O. The fourth-order valence-corrected chi connectivity index (χ4v) is 1.18. The summed E-state index contributed by atoms with van der Waals surface area (Å²) in [4.78, 5) is 7.28. The summed E-state index contributed by atoms with van der Waals surface area (Å²) in [5, 5.41) is 3.88. The zero-order valence-corrected chi connectivity index (χ0v) is 6.79. The molecule has 10 heavy (non-hydrogen) atoms. The van der Waals surface area contributed by atoms with Crippen LogP contribution in [0.1, 0.15) is 27.2 Å². The summed E-state index contributed by atoms with van der Waals surface area (Å²) in [6, 6.07) is 0. The molecule has 3 nitrogen and oxygen atoms in total. The van der Waals surface area contributed by atoms with Crippen LogP contribution in [0, 0.1) is 0 Å². The van der Waals surface area contributed by atoms with Gasteiger partial charge in [0.1, 0.15) is 5.84 Å². The first-order valence-electron chi connectivity index (χ1n) is 3.76. The number of nitrogens with zero attached hydrogens (tertiary/aromatic N) is 2. The van der Waals surface area contributed by atoms with Gasteiger partial charge < -0.3 is 9.74 Å². The standard InChI is InChI=1S/C7H14N2O/c1-4-7-9(5-2)6(3)8-10-7/h7H,4-5H2,1-3H3. The molecule has 0 aromatic rings. The van der Waals surface area contributed by atoms with E-state index >= 15 is 0 Å². The van der Waals surface area contributed by atoms with Crippen molar-refractivity contribution in [3.8, 4) is 0 Å². The maximum Gasteiger partial charge on any atom is 0.200 e. The highest BCUT2D eigenvalue weighted by atomic mass is 16.7. The Kier molecular flexibility index (Phi) is 2.14. The van der Waals surface area contributed by atoms with Gasteiger partial charge in [-0.3, -0.25) is 0 Å². The summed E-state index contributed by atoms with van der Waals surface area (Å²) in [5.41, 5.74) is 0. The smallest absolute Gasteiger partial charge is 0.200 e. The van der Waals surface area contributed by atoms with E-state index in [1.165, 1.54) is 0 Å². The predicted molar refractivity (Wildman–Crippen MR) is 40.7 cm³/mol. The molecule has 0 N–H and O–H groups in total. The normalized spacial score (nSPS) is 24.5. The molecule has 1 aliphatic heterocycles. The van der Waals surface area contributed by atoms with E-state index in [1.54, 1.807) is 0 Å². The van der Waals surface area contributed by atoms with Gasteiger partial charge in [0.25, 0.3) is 0 Å². The second kappa shape index (κ2) is 2.90. The summed E-state index contributed by atoms with van der Waals surface area (Å²) in [6.45, 7) is 7.16. The molecule has 0 aliphatic carbocycles. The third-order valence-corrected chi connectivity index (χ3v) is 1.76. The minimum atomic E-state index is 0.185. The highest BCUT2D eigenvalue weighted by molar-refractivity contribution is 5.80. The Bertz CT molecular complexity index is 145. The molecular weight excluding hydrogens is 128 g/mol. The van der Waals surface area contributed by atoms with Crippen molar-refractivity contribution in [1.29, 1.82) is 0 Å². The van der Waals surface area contributed by atoms with Crippen LogP contribution in [0.25, 0.3) is 0 Å². The summed E-state index contributed by atoms with van der Waals surface area (Å²) in [5.74, 6) is 0.995. The molecule has 0 aromatic carbocycles. The van der Waals surface area contributed by atoms with Gasteiger partial charge in [-0.1, -0.05) is 12.1 Å². The first kappa shape index (κ1) is 7.38. The minimum absolute atomic E-state index is 0.185. The zero-order valence-electron chi connectivity index (χ0n) is 6.79. The molecule has 0 amide bonds. The van der Waals surface area contributed by atoms with Crippen molar-refractivity contribution in [2.24, 2.45) is 5.16 Å². The second-order valence-corrected chi connectivity index (χ2v) is 2.39. The van der Waals surface area contributed by atoms with Gasteiger partial charge in [-0.25, -0.2) is 0 Å². The average molecular weight is 142 g/mol. The van der Waals surface area contributed by atoms with Crippen LogP contribution in [0.4, 0.5) is 0 Å². The third kappa shape index (κ3) is 1.08. The van der Waals surface area contributed by atoms with Crippen molar-refractivity contribution in [2.45, 2.75) is 33.4 Å². The average Bonchev–Trinajstić information content (AvgIpc) is 2.30. The van der Waals surface area contributed by atoms with Crippen molar-refractivity contribution < 1.29 is 4.84 Å². The highest BCUT2D eigenvalue weighted by Gasteiger charge is 2.23. The van der Waals surface area contributed by atoms with Crippen LogP contribution in [0.5, 0.6) is 0 Å². The van der Waals surface area contributed by atoms with Crippen LogP contribution in [0.3, 0.4) is 0 Å². The topological polar surface area (TPSA) is 24.8 Å². The van der Waals surface area contributed by atoms with Gasteiger partial charge in [-0.15, -0.1) is 0 Å². The monoisotopic (exact) mass is 142 g/mol. The quantitative estimate of drug-likeness (QED) is 0.582. The van der Waals surface area contributed by atoms with Gasteiger partial charge in [0, 0.05) is 13.0 Å². The number of hydrogen-bond acceptors (Lipinski definition) is 3. The number of hydrogen-bond donors (Lipinski definition) is 0. The molecule has 1 rings (SSSR count). The van der Waals surface area contributed by atoms with E-state index in [0.29, 0.717) is 0 Å². The van der Waals surface area contributed by atoms with E-state index in [1.807, 2.05) is 6.92 Å². The lowest BCUT2D eigenvalue weighted by molar-refractivity contribution is 0.0102. The summed E-state index contributed by atoms with van der Waals surface area (Å²) < 4.78 is 0. The first-order valence-corrected chi connectivity index (χ1v) is 3.76. The Morgan fingerprint density at radius 3 is 2.70 bits per heavy atom. The Balaban J connectivity index is 2.54. The maximum absolute atomic E-state index is 5.13. The summed E-state index contributed by atoms with van der Waals surface area (Å²) in [7, 11) is 0. The predicted octanol–water partition coefficient (Wildman–Crippen LogP) is 1.41. The molecule has 58 valence electrons. The second-order valence-electron chi connectivity index (χ2n) is 2.39. The van der Waals surface area contributed by atoms with Gasteiger partial charge in [-0.05, 0) is 13.8 Å². The minimum Gasteiger partial charge on any atom is -0.369 e. The molecule has 0 bridgehead atoms. The van der Waals surface area contributed by atoms with E-state index in [-0.39, 0.29) is 6.23 Å². The van der Waals surface area contributed by atoms with Gasteiger partial charge >= 0.3 is 0 Å². The lowest BCUT2D eigenvalue weighted by Gasteiger charge is -2.20. The molecule has 1 aliphatic rings. The van der Waals surface area contributed by atoms with E-state index in [4.69, 9.17) is 4.84 Å². The van der Waals surface area contributed by atoms with Gasteiger partial charge in [0.05, 0.1) is 0 Å². The van der Waals surface area contributed by atoms with Crippen molar-refractivity contribution in [3.63, 3.8) is 0 Å². The van der Waals surface area contributed by atoms with Gasteiger partial charge in [0.2, 0.25) is 6.23 Å². The van der Waals surface area contributed by atoms with Crippen LogP contribution in [-0.4, -0.2) is 23.5 Å². The molecule has 0 fully saturated rings. The number of oxime groups is 1. The molecule has 0 spiro atoms. The molecule has 1 heterocycles. The SMILES string of the molecule is CCC1ON=C(C)N1CC. The van der Waals surface area contributed by atoms with Crippen molar-refractivity contribution in [3.05, 3.63) is 0 Å². The molecule has 3 heteroatoms. The van der Waals surface area contributed by atoms with E-state index in [0.717, 1.165) is 18.8 Å². The Morgan fingerprint density at radius 1 is 1.60 bits per heavy atom. The molecule has 0 aromatic heterocycles. The zero-order chi connectivity index (χ0) is 7.56. The molecule has 0 saturated carbocycles. The van der Waals surface area contributed by atoms with Gasteiger partial charge in [0.15, 0.2) is 0 Å². The Hall–Kier alpha value is -0.730. The Morgan fingerprint density at radius 2 is 2.30 bits per heavy atom. The number of amidine groups is 1. The van der Waals surface area contributed by atoms with Crippen LogP contribution >= 0.6 is 0 Å². The first-order chi connectivity index (χ1) is 4.79. The fraction of sp³-hybridized carbons (Fsp3) is 0.857. The largest absolute Gasteiger partial charge is 0.369 e. The van der Waals surface area contributed by atoms with Crippen LogP contribution in [0.2, 0.25) is 0 Å². The molecule has 0 radical (unpaired) electrons. The summed E-state index contributed by atoms with van der Waals surface area (Å²) >= 11 is 0. The van der Waals surface area contributed by atoms with Crippen LogP contribution in [-0.2, 0) is 4.84 Å². The van der Waals surface area contributed by atoms with Crippen molar-refractivity contribution in [2.75, 3.05) is 6.54 Å². The van der Waals surface area contributed by atoms with E-state index in [2.05, 4.69) is 23.9 Å². The summed E-state index contributed by atoms with van der Waals surface area (Å²) in [6.07, 6.45) is 1.18. The van der Waals surface area contributed by atoms with Crippen LogP contribution in [0.15, 0.2) is 5.16 Å². The Labute approximate surface area is 61.6 Å². The molecule has 0 saturated heterocycles. The van der Waals surface area contributed by atoms with E-state index in [9.17, 15) is 0 Å². The highest BCUT2D eigenvalue weighted by Crippen LogP contribution is 2.13. The molecule has 1 atom stereocenters. The lowest BCUT2D eigenvalue weighted by Crippen LogP contribution is -2.33. The van der Waals surface area contributed by atoms with Crippen molar-refractivity contribution >= 4 is 5.84 Å². The van der Waals surface area contributed by atoms with Gasteiger partial charge in [-0.2, -0.15) is 0 Å². The van der Waals surface area contributed by atoms with E-state index < -0.39 is 0 Å². The third-order valence-electron chi connectivity index (χ3n) is 1.76. The van der Waals surface area contributed by atoms with Crippen molar-refractivity contribution in [1.82, 2.24) is 4.90 Å². The maximum atomic E-state index is 5.13.